The molecule has 98 valence electrons. The van der Waals surface area contributed by atoms with Crippen molar-refractivity contribution in [2.75, 3.05) is 25.5 Å². The lowest BCUT2D eigenvalue weighted by Crippen LogP contribution is -2.30. The van der Waals surface area contributed by atoms with Crippen LogP contribution in [-0.4, -0.2) is 25.7 Å². The minimum absolute atomic E-state index is 0.0483. The van der Waals surface area contributed by atoms with Gasteiger partial charge in [-0.3, -0.25) is 4.79 Å². The lowest BCUT2D eigenvalue weighted by Gasteiger charge is -2.11. The predicted octanol–water partition coefficient (Wildman–Crippen LogP) is 1.31. The van der Waals surface area contributed by atoms with Gasteiger partial charge in [-0.2, -0.15) is 0 Å². The molecule has 6 heteroatoms. The van der Waals surface area contributed by atoms with Crippen LogP contribution < -0.4 is 11.1 Å². The van der Waals surface area contributed by atoms with Gasteiger partial charge in [0.05, 0.1) is 12.2 Å². The van der Waals surface area contributed by atoms with Crippen molar-refractivity contribution in [1.82, 2.24) is 5.32 Å². The van der Waals surface area contributed by atoms with Crippen molar-refractivity contribution in [3.63, 3.8) is 0 Å². The molecule has 0 aliphatic carbocycles. The number of carbonyl (C=O) groups is 1. The van der Waals surface area contributed by atoms with Gasteiger partial charge < -0.3 is 15.8 Å². The van der Waals surface area contributed by atoms with E-state index in [4.69, 9.17) is 10.5 Å². The molecule has 3 N–H and O–H groups in total. The molecule has 0 radical (unpaired) electrons. The van der Waals surface area contributed by atoms with Crippen LogP contribution in [-0.2, 0) is 4.74 Å². The largest absolute Gasteiger partial charge is 0.398 e. The first-order chi connectivity index (χ1) is 8.58. The molecular weight excluding hydrogens is 242 g/mol. The van der Waals surface area contributed by atoms with E-state index in [1.807, 2.05) is 0 Å². The fourth-order valence-corrected chi connectivity index (χ4v) is 1.84. The number of anilines is 1. The quantitative estimate of drug-likeness (QED) is 0.801. The van der Waals surface area contributed by atoms with Gasteiger partial charge >= 0.3 is 0 Å². The number of hydrogen-bond acceptors (Lipinski definition) is 3. The standard InChI is InChI=1S/C12H14F2N2O2/c13-9-3-8(11(15)4-10(9)14)12(17)16-5-7-1-2-18-6-7/h3-4,7H,1-2,5-6,15H2,(H,16,17). The van der Waals surface area contributed by atoms with Crippen LogP contribution in [0.15, 0.2) is 12.1 Å². The molecule has 1 unspecified atom stereocenters. The molecule has 1 heterocycles. The average Bonchev–Trinajstić information content (AvgIpc) is 2.84. The van der Waals surface area contributed by atoms with Gasteiger partial charge in [0.2, 0.25) is 0 Å². The summed E-state index contributed by atoms with van der Waals surface area (Å²) in [7, 11) is 0. The zero-order chi connectivity index (χ0) is 13.1. The molecule has 1 fully saturated rings. The monoisotopic (exact) mass is 256 g/mol. The van der Waals surface area contributed by atoms with Gasteiger partial charge in [-0.25, -0.2) is 8.78 Å². The van der Waals surface area contributed by atoms with Crippen molar-refractivity contribution in [1.29, 1.82) is 0 Å². The second kappa shape index (κ2) is 5.30. The topological polar surface area (TPSA) is 64.4 Å². The molecule has 0 aromatic heterocycles. The summed E-state index contributed by atoms with van der Waals surface area (Å²) in [5.74, 6) is -2.38. The summed E-state index contributed by atoms with van der Waals surface area (Å²) < 4.78 is 31.0. The van der Waals surface area contributed by atoms with Crippen molar-refractivity contribution in [3.8, 4) is 0 Å². The van der Waals surface area contributed by atoms with Gasteiger partial charge in [0.15, 0.2) is 11.6 Å². The lowest BCUT2D eigenvalue weighted by atomic mass is 10.1. The minimum atomic E-state index is -1.08. The second-order valence-corrected chi connectivity index (χ2v) is 4.29. The van der Waals surface area contributed by atoms with Crippen LogP contribution in [0, 0.1) is 17.6 Å². The zero-order valence-electron chi connectivity index (χ0n) is 9.71. The molecule has 2 rings (SSSR count). The highest BCUT2D eigenvalue weighted by atomic mass is 19.2. The molecule has 1 aliphatic rings. The Morgan fingerprint density at radius 1 is 1.44 bits per heavy atom. The van der Waals surface area contributed by atoms with Crippen molar-refractivity contribution in [2.24, 2.45) is 5.92 Å². The number of nitrogens with one attached hydrogen (secondary N) is 1. The van der Waals surface area contributed by atoms with Gasteiger partial charge in [-0.15, -0.1) is 0 Å². The summed E-state index contributed by atoms with van der Waals surface area (Å²) in [6.45, 7) is 1.73. The van der Waals surface area contributed by atoms with E-state index in [2.05, 4.69) is 5.32 Å². The van der Waals surface area contributed by atoms with E-state index >= 15 is 0 Å². The summed E-state index contributed by atoms with van der Waals surface area (Å²) in [4.78, 5) is 11.8. The van der Waals surface area contributed by atoms with Crippen molar-refractivity contribution in [3.05, 3.63) is 29.3 Å². The van der Waals surface area contributed by atoms with Crippen molar-refractivity contribution in [2.45, 2.75) is 6.42 Å². The summed E-state index contributed by atoms with van der Waals surface area (Å²) in [5.41, 5.74) is 5.36. The minimum Gasteiger partial charge on any atom is -0.398 e. The third-order valence-corrected chi connectivity index (χ3v) is 2.91. The predicted molar refractivity (Wildman–Crippen MR) is 62.0 cm³/mol. The smallest absolute Gasteiger partial charge is 0.253 e. The maximum absolute atomic E-state index is 13.0. The Kier molecular flexibility index (Phi) is 3.76. The van der Waals surface area contributed by atoms with Gasteiger partial charge in [0, 0.05) is 30.8 Å². The van der Waals surface area contributed by atoms with E-state index in [0.717, 1.165) is 18.6 Å². The SMILES string of the molecule is Nc1cc(F)c(F)cc1C(=O)NCC1CCOC1. The number of rotatable bonds is 3. The molecule has 0 spiro atoms. The van der Waals surface area contributed by atoms with Crippen molar-refractivity contribution < 1.29 is 18.3 Å². The fraction of sp³-hybridized carbons (Fsp3) is 0.417. The molecule has 1 saturated heterocycles. The van der Waals surface area contributed by atoms with E-state index < -0.39 is 17.5 Å². The van der Waals surface area contributed by atoms with E-state index in [1.165, 1.54) is 0 Å². The number of benzene rings is 1. The van der Waals surface area contributed by atoms with E-state index in [0.29, 0.717) is 19.8 Å². The van der Waals surface area contributed by atoms with E-state index in [-0.39, 0.29) is 17.2 Å². The number of nitrogen functional groups attached to an aromatic ring is 1. The summed E-state index contributed by atoms with van der Waals surface area (Å²) in [6.07, 6.45) is 0.882. The average molecular weight is 256 g/mol. The molecule has 0 saturated carbocycles. The summed E-state index contributed by atoms with van der Waals surface area (Å²) in [6, 6.07) is 1.62. The van der Waals surface area contributed by atoms with Crippen LogP contribution in [0.5, 0.6) is 0 Å². The van der Waals surface area contributed by atoms with Crippen LogP contribution in [0.4, 0.5) is 14.5 Å². The third-order valence-electron chi connectivity index (χ3n) is 2.91. The first kappa shape index (κ1) is 12.8. The van der Waals surface area contributed by atoms with E-state index in [9.17, 15) is 13.6 Å². The zero-order valence-corrected chi connectivity index (χ0v) is 9.71. The second-order valence-electron chi connectivity index (χ2n) is 4.29. The maximum Gasteiger partial charge on any atom is 0.253 e. The highest BCUT2D eigenvalue weighted by Crippen LogP contribution is 2.17. The van der Waals surface area contributed by atoms with Crippen LogP contribution in [0.1, 0.15) is 16.8 Å². The number of amides is 1. The molecule has 0 bridgehead atoms. The number of hydrogen-bond donors (Lipinski definition) is 2. The lowest BCUT2D eigenvalue weighted by molar-refractivity contribution is 0.0945. The van der Waals surface area contributed by atoms with Gasteiger partial charge in [0.1, 0.15) is 0 Å². The van der Waals surface area contributed by atoms with Crippen LogP contribution in [0.3, 0.4) is 0 Å². The molecule has 1 amide bonds. The molecule has 1 aromatic rings. The highest BCUT2D eigenvalue weighted by molar-refractivity contribution is 5.99. The Morgan fingerprint density at radius 3 is 2.83 bits per heavy atom. The van der Waals surface area contributed by atoms with Crippen LogP contribution in [0.2, 0.25) is 0 Å². The van der Waals surface area contributed by atoms with Gasteiger partial charge in [-0.05, 0) is 12.5 Å². The maximum atomic E-state index is 13.0. The molecule has 1 aromatic carbocycles. The Bertz CT molecular complexity index is 460. The Labute approximate surface area is 103 Å². The van der Waals surface area contributed by atoms with Crippen molar-refractivity contribution >= 4 is 11.6 Å². The Balaban J connectivity index is 2.01. The first-order valence-electron chi connectivity index (χ1n) is 5.68. The Hall–Kier alpha value is -1.69. The van der Waals surface area contributed by atoms with Gasteiger partial charge in [0.25, 0.3) is 5.91 Å². The molecule has 4 nitrogen and oxygen atoms in total. The Morgan fingerprint density at radius 2 is 2.17 bits per heavy atom. The van der Waals surface area contributed by atoms with E-state index in [1.54, 1.807) is 0 Å². The summed E-state index contributed by atoms with van der Waals surface area (Å²) in [5, 5.41) is 2.64. The highest BCUT2D eigenvalue weighted by Gasteiger charge is 2.18. The fourth-order valence-electron chi connectivity index (χ4n) is 1.84. The van der Waals surface area contributed by atoms with Crippen LogP contribution >= 0.6 is 0 Å². The number of ether oxygens (including phenoxy) is 1. The third kappa shape index (κ3) is 2.76. The number of carbonyl (C=O) groups excluding carboxylic acids is 1. The molecule has 18 heavy (non-hydrogen) atoms. The van der Waals surface area contributed by atoms with Crippen LogP contribution in [0.25, 0.3) is 0 Å². The summed E-state index contributed by atoms with van der Waals surface area (Å²) >= 11 is 0. The van der Waals surface area contributed by atoms with Gasteiger partial charge in [-0.1, -0.05) is 0 Å². The molecule has 1 aliphatic heterocycles. The number of nitrogens with two attached hydrogens (primary N) is 1. The number of halogens is 2. The molecular formula is C12H14F2N2O2. The molecule has 1 atom stereocenters. The normalized spacial score (nSPS) is 18.9. The first-order valence-corrected chi connectivity index (χ1v) is 5.68.